The lowest BCUT2D eigenvalue weighted by molar-refractivity contribution is 0.167. The summed E-state index contributed by atoms with van der Waals surface area (Å²) in [4.78, 5) is 1.88. The first kappa shape index (κ1) is 18.7. The quantitative estimate of drug-likeness (QED) is 0.530. The standard InChI is InChI=1S/C14H24N2O5S/c1-11-9-12(15)13(21-2)10-14(11)22(19,20)8-5-16(3-6-17)4-7-18/h9-10,17-18H,3-8,15H2,1-2H3. The SMILES string of the molecule is COc1cc(S(=O)(=O)CCN(CCO)CCO)c(C)cc1N. The molecule has 0 bridgehead atoms. The van der Waals surface area contributed by atoms with Gasteiger partial charge in [-0.05, 0) is 18.6 Å². The summed E-state index contributed by atoms with van der Waals surface area (Å²) in [5.74, 6) is 0.215. The molecule has 22 heavy (non-hydrogen) atoms. The molecule has 0 amide bonds. The van der Waals surface area contributed by atoms with Gasteiger partial charge in [0.2, 0.25) is 0 Å². The molecule has 0 aliphatic carbocycles. The van der Waals surface area contributed by atoms with E-state index in [0.717, 1.165) is 0 Å². The first-order valence-corrected chi connectivity index (χ1v) is 8.62. The molecule has 126 valence electrons. The Balaban J connectivity index is 2.94. The Hall–Kier alpha value is -1.35. The van der Waals surface area contributed by atoms with E-state index in [4.69, 9.17) is 20.7 Å². The summed E-state index contributed by atoms with van der Waals surface area (Å²) in [6, 6.07) is 3.01. The third-order valence-electron chi connectivity index (χ3n) is 3.37. The number of benzene rings is 1. The van der Waals surface area contributed by atoms with Crippen molar-refractivity contribution in [1.29, 1.82) is 0 Å². The zero-order chi connectivity index (χ0) is 16.8. The van der Waals surface area contributed by atoms with Crippen LogP contribution in [0.1, 0.15) is 5.56 Å². The normalized spacial score (nSPS) is 11.9. The van der Waals surface area contributed by atoms with Crippen LogP contribution in [0, 0.1) is 6.92 Å². The van der Waals surface area contributed by atoms with Gasteiger partial charge in [0.25, 0.3) is 0 Å². The van der Waals surface area contributed by atoms with Crippen molar-refractivity contribution < 1.29 is 23.4 Å². The second-order valence-electron chi connectivity index (χ2n) is 4.97. The van der Waals surface area contributed by atoms with Gasteiger partial charge in [0.05, 0.1) is 36.7 Å². The summed E-state index contributed by atoms with van der Waals surface area (Å²) >= 11 is 0. The number of nitrogens with two attached hydrogens (primary N) is 1. The van der Waals surface area contributed by atoms with E-state index in [1.165, 1.54) is 13.2 Å². The molecular weight excluding hydrogens is 308 g/mol. The zero-order valence-corrected chi connectivity index (χ0v) is 13.8. The number of nitrogens with zero attached hydrogens (tertiary/aromatic N) is 1. The number of aliphatic hydroxyl groups is 2. The van der Waals surface area contributed by atoms with Gasteiger partial charge in [-0.25, -0.2) is 8.42 Å². The molecule has 4 N–H and O–H groups in total. The second-order valence-corrected chi connectivity index (χ2v) is 7.04. The van der Waals surface area contributed by atoms with Gasteiger partial charge < -0.3 is 20.7 Å². The largest absolute Gasteiger partial charge is 0.495 e. The number of ether oxygens (including phenoxy) is 1. The molecule has 0 aliphatic heterocycles. The highest BCUT2D eigenvalue weighted by Crippen LogP contribution is 2.28. The lowest BCUT2D eigenvalue weighted by Crippen LogP contribution is -2.34. The van der Waals surface area contributed by atoms with Gasteiger partial charge in [-0.2, -0.15) is 0 Å². The van der Waals surface area contributed by atoms with E-state index < -0.39 is 9.84 Å². The molecule has 0 aliphatic rings. The maximum atomic E-state index is 12.5. The van der Waals surface area contributed by atoms with Crippen LogP contribution in [0.15, 0.2) is 17.0 Å². The van der Waals surface area contributed by atoms with Gasteiger partial charge in [0, 0.05) is 25.7 Å². The monoisotopic (exact) mass is 332 g/mol. The number of methoxy groups -OCH3 is 1. The van der Waals surface area contributed by atoms with Crippen molar-refractivity contribution in [2.45, 2.75) is 11.8 Å². The summed E-state index contributed by atoms with van der Waals surface area (Å²) < 4.78 is 30.1. The maximum Gasteiger partial charge on any atom is 0.180 e. The highest BCUT2D eigenvalue weighted by Gasteiger charge is 2.20. The van der Waals surface area contributed by atoms with E-state index in [0.29, 0.717) is 30.1 Å². The van der Waals surface area contributed by atoms with Crippen LogP contribution in [-0.2, 0) is 9.84 Å². The van der Waals surface area contributed by atoms with Crippen LogP contribution in [0.25, 0.3) is 0 Å². The Kier molecular flexibility index (Phi) is 7.08. The molecular formula is C14H24N2O5S. The average Bonchev–Trinajstić information content (AvgIpc) is 2.45. The van der Waals surface area contributed by atoms with Crippen LogP contribution in [0.2, 0.25) is 0 Å². The summed E-state index contributed by atoms with van der Waals surface area (Å²) in [6.45, 7) is 2.38. The summed E-state index contributed by atoms with van der Waals surface area (Å²) in [6.07, 6.45) is 0. The molecule has 7 nitrogen and oxygen atoms in total. The van der Waals surface area contributed by atoms with Crippen LogP contribution in [-0.4, -0.2) is 69.2 Å². The van der Waals surface area contributed by atoms with Gasteiger partial charge in [0.1, 0.15) is 5.75 Å². The first-order chi connectivity index (χ1) is 10.4. The molecule has 0 spiro atoms. The Bertz CT molecular complexity index is 583. The van der Waals surface area contributed by atoms with Gasteiger partial charge in [-0.1, -0.05) is 0 Å². The number of aliphatic hydroxyl groups excluding tert-OH is 2. The topological polar surface area (TPSA) is 113 Å². The van der Waals surface area contributed by atoms with E-state index in [2.05, 4.69) is 0 Å². The van der Waals surface area contributed by atoms with Gasteiger partial charge >= 0.3 is 0 Å². The van der Waals surface area contributed by atoms with Crippen molar-refractivity contribution in [2.75, 3.05) is 51.4 Å². The highest BCUT2D eigenvalue weighted by atomic mass is 32.2. The molecule has 0 unspecified atom stereocenters. The van der Waals surface area contributed by atoms with Crippen molar-refractivity contribution in [3.05, 3.63) is 17.7 Å². The fraction of sp³-hybridized carbons (Fsp3) is 0.571. The lowest BCUT2D eigenvalue weighted by atomic mass is 10.2. The first-order valence-electron chi connectivity index (χ1n) is 6.96. The van der Waals surface area contributed by atoms with Crippen molar-refractivity contribution in [1.82, 2.24) is 4.90 Å². The minimum atomic E-state index is -3.51. The van der Waals surface area contributed by atoms with Crippen LogP contribution < -0.4 is 10.5 Å². The molecule has 0 radical (unpaired) electrons. The minimum absolute atomic E-state index is 0.0885. The summed E-state index contributed by atoms with van der Waals surface area (Å²) in [5.41, 5.74) is 6.72. The maximum absolute atomic E-state index is 12.5. The van der Waals surface area contributed by atoms with Crippen LogP contribution >= 0.6 is 0 Å². The zero-order valence-electron chi connectivity index (χ0n) is 12.9. The number of sulfone groups is 1. The highest BCUT2D eigenvalue weighted by molar-refractivity contribution is 7.91. The molecule has 0 saturated heterocycles. The Morgan fingerprint density at radius 3 is 2.27 bits per heavy atom. The van der Waals surface area contributed by atoms with Crippen molar-refractivity contribution >= 4 is 15.5 Å². The number of aryl methyl sites for hydroxylation is 1. The fourth-order valence-electron chi connectivity index (χ4n) is 2.18. The van der Waals surface area contributed by atoms with Gasteiger partial charge in [0.15, 0.2) is 9.84 Å². The van der Waals surface area contributed by atoms with Crippen LogP contribution in [0.4, 0.5) is 5.69 Å². The number of hydrogen-bond donors (Lipinski definition) is 3. The molecule has 0 fully saturated rings. The molecule has 1 rings (SSSR count). The van der Waals surface area contributed by atoms with E-state index in [9.17, 15) is 8.42 Å². The molecule has 8 heteroatoms. The lowest BCUT2D eigenvalue weighted by Gasteiger charge is -2.20. The van der Waals surface area contributed by atoms with E-state index in [1.54, 1.807) is 17.9 Å². The van der Waals surface area contributed by atoms with Crippen molar-refractivity contribution in [3.63, 3.8) is 0 Å². The van der Waals surface area contributed by atoms with Gasteiger partial charge in [-0.15, -0.1) is 0 Å². The van der Waals surface area contributed by atoms with E-state index in [1.807, 2.05) is 0 Å². The number of rotatable bonds is 9. The van der Waals surface area contributed by atoms with E-state index in [-0.39, 0.29) is 30.4 Å². The third kappa shape index (κ3) is 4.84. The second kappa shape index (κ2) is 8.33. The fourth-order valence-corrected chi connectivity index (χ4v) is 3.74. The van der Waals surface area contributed by atoms with Gasteiger partial charge in [-0.3, -0.25) is 4.90 Å². The molecule has 0 atom stereocenters. The number of nitrogen functional groups attached to an aromatic ring is 1. The van der Waals surface area contributed by atoms with Crippen molar-refractivity contribution in [2.24, 2.45) is 0 Å². The predicted molar refractivity (Wildman–Crippen MR) is 84.8 cm³/mol. The summed E-state index contributed by atoms with van der Waals surface area (Å²) in [7, 11) is -2.08. The van der Waals surface area contributed by atoms with Crippen LogP contribution in [0.5, 0.6) is 5.75 Å². The minimum Gasteiger partial charge on any atom is -0.495 e. The Morgan fingerprint density at radius 2 is 1.77 bits per heavy atom. The Morgan fingerprint density at radius 1 is 1.18 bits per heavy atom. The molecule has 0 aromatic heterocycles. The number of anilines is 1. The average molecular weight is 332 g/mol. The predicted octanol–water partition coefficient (Wildman–Crippen LogP) is -0.354. The van der Waals surface area contributed by atoms with Crippen molar-refractivity contribution in [3.8, 4) is 5.75 Å². The molecule has 1 aromatic rings. The Labute approximate surface area is 131 Å². The molecule has 0 heterocycles. The number of hydrogen-bond acceptors (Lipinski definition) is 7. The smallest absolute Gasteiger partial charge is 0.180 e. The molecule has 1 aromatic carbocycles. The van der Waals surface area contributed by atoms with E-state index >= 15 is 0 Å². The summed E-state index contributed by atoms with van der Waals surface area (Å²) in [5, 5.41) is 17.9. The van der Waals surface area contributed by atoms with Crippen LogP contribution in [0.3, 0.4) is 0 Å². The molecule has 0 saturated carbocycles. The third-order valence-corrected chi connectivity index (χ3v) is 5.20.